The van der Waals surface area contributed by atoms with E-state index in [-0.39, 0.29) is 0 Å². The molecular weight excluding hydrogens is 216 g/mol. The summed E-state index contributed by atoms with van der Waals surface area (Å²) in [6.07, 6.45) is 5.10. The SMILES string of the molecule is c1cc(N2CCNCC2)nc(-c2ccoc2)n1. The molecule has 2 aromatic heterocycles. The molecule has 0 atom stereocenters. The van der Waals surface area contributed by atoms with Gasteiger partial charge in [-0.25, -0.2) is 9.97 Å². The maximum atomic E-state index is 5.05. The Balaban J connectivity index is 1.88. The Morgan fingerprint density at radius 3 is 2.88 bits per heavy atom. The first kappa shape index (κ1) is 10.3. The van der Waals surface area contributed by atoms with E-state index in [0.717, 1.165) is 43.4 Å². The van der Waals surface area contributed by atoms with Crippen LogP contribution in [0.5, 0.6) is 0 Å². The molecule has 0 saturated carbocycles. The van der Waals surface area contributed by atoms with Crippen LogP contribution >= 0.6 is 0 Å². The third-order valence-electron chi connectivity index (χ3n) is 2.86. The van der Waals surface area contributed by atoms with Crippen LogP contribution in [-0.4, -0.2) is 36.1 Å². The summed E-state index contributed by atoms with van der Waals surface area (Å²) >= 11 is 0. The van der Waals surface area contributed by atoms with Gasteiger partial charge in [-0.15, -0.1) is 0 Å². The number of nitrogens with one attached hydrogen (secondary N) is 1. The molecule has 1 aliphatic rings. The molecule has 3 heterocycles. The Bertz CT molecular complexity index is 477. The van der Waals surface area contributed by atoms with E-state index in [1.807, 2.05) is 12.1 Å². The lowest BCUT2D eigenvalue weighted by Gasteiger charge is -2.28. The van der Waals surface area contributed by atoms with Crippen LogP contribution in [0.3, 0.4) is 0 Å². The quantitative estimate of drug-likeness (QED) is 0.838. The zero-order chi connectivity index (χ0) is 11.5. The van der Waals surface area contributed by atoms with Crippen molar-refractivity contribution >= 4 is 5.82 Å². The summed E-state index contributed by atoms with van der Waals surface area (Å²) in [5.74, 6) is 1.70. The number of anilines is 1. The van der Waals surface area contributed by atoms with Crippen molar-refractivity contribution in [1.82, 2.24) is 15.3 Å². The van der Waals surface area contributed by atoms with Crippen LogP contribution in [0.1, 0.15) is 0 Å². The van der Waals surface area contributed by atoms with E-state index in [0.29, 0.717) is 0 Å². The van der Waals surface area contributed by atoms with E-state index >= 15 is 0 Å². The molecule has 1 fully saturated rings. The molecule has 0 unspecified atom stereocenters. The molecule has 17 heavy (non-hydrogen) atoms. The number of furan rings is 1. The normalized spacial score (nSPS) is 16.1. The fourth-order valence-electron chi connectivity index (χ4n) is 1.95. The zero-order valence-electron chi connectivity index (χ0n) is 9.47. The minimum absolute atomic E-state index is 0.717. The van der Waals surface area contributed by atoms with Crippen molar-refractivity contribution in [3.05, 3.63) is 30.9 Å². The van der Waals surface area contributed by atoms with Gasteiger partial charge in [-0.2, -0.15) is 0 Å². The molecule has 5 heteroatoms. The van der Waals surface area contributed by atoms with Crippen molar-refractivity contribution in [2.45, 2.75) is 0 Å². The highest BCUT2D eigenvalue weighted by atomic mass is 16.3. The molecule has 3 rings (SSSR count). The predicted molar refractivity (Wildman–Crippen MR) is 64.8 cm³/mol. The maximum absolute atomic E-state index is 5.05. The fraction of sp³-hybridized carbons (Fsp3) is 0.333. The van der Waals surface area contributed by atoms with Gasteiger partial charge < -0.3 is 14.6 Å². The van der Waals surface area contributed by atoms with Crippen LogP contribution in [0, 0.1) is 0 Å². The van der Waals surface area contributed by atoms with Crippen molar-refractivity contribution in [2.24, 2.45) is 0 Å². The monoisotopic (exact) mass is 230 g/mol. The highest BCUT2D eigenvalue weighted by Crippen LogP contribution is 2.18. The smallest absolute Gasteiger partial charge is 0.164 e. The van der Waals surface area contributed by atoms with Crippen LogP contribution in [-0.2, 0) is 0 Å². The van der Waals surface area contributed by atoms with Crippen LogP contribution < -0.4 is 10.2 Å². The second kappa shape index (κ2) is 4.55. The average Bonchev–Trinajstić information content (AvgIpc) is 2.94. The van der Waals surface area contributed by atoms with E-state index in [2.05, 4.69) is 20.2 Å². The summed E-state index contributed by atoms with van der Waals surface area (Å²) in [5.41, 5.74) is 0.919. The minimum Gasteiger partial charge on any atom is -0.472 e. The molecule has 88 valence electrons. The Kier molecular flexibility index (Phi) is 2.75. The van der Waals surface area contributed by atoms with E-state index in [1.165, 1.54) is 0 Å². The van der Waals surface area contributed by atoms with Gasteiger partial charge in [0.1, 0.15) is 12.1 Å². The number of nitrogens with zero attached hydrogens (tertiary/aromatic N) is 3. The lowest BCUT2D eigenvalue weighted by molar-refractivity contribution is 0.567. The summed E-state index contributed by atoms with van der Waals surface area (Å²) in [7, 11) is 0. The molecule has 0 amide bonds. The lowest BCUT2D eigenvalue weighted by Crippen LogP contribution is -2.43. The lowest BCUT2D eigenvalue weighted by atomic mass is 10.3. The number of aromatic nitrogens is 2. The molecule has 0 aromatic carbocycles. The van der Waals surface area contributed by atoms with Crippen molar-refractivity contribution in [1.29, 1.82) is 0 Å². The second-order valence-corrected chi connectivity index (χ2v) is 3.99. The highest BCUT2D eigenvalue weighted by Gasteiger charge is 2.12. The van der Waals surface area contributed by atoms with Gasteiger partial charge in [-0.1, -0.05) is 0 Å². The molecular formula is C12H14N4O. The van der Waals surface area contributed by atoms with E-state index < -0.39 is 0 Å². The third kappa shape index (κ3) is 2.14. The van der Waals surface area contributed by atoms with Gasteiger partial charge in [-0.3, -0.25) is 0 Å². The molecule has 0 bridgehead atoms. The first-order valence-electron chi connectivity index (χ1n) is 5.75. The second-order valence-electron chi connectivity index (χ2n) is 3.99. The standard InChI is InChI=1S/C12H14N4O/c1-3-14-12(10-2-8-17-9-10)15-11(1)16-6-4-13-5-7-16/h1-3,8-9,13H,4-7H2. The highest BCUT2D eigenvalue weighted by molar-refractivity contribution is 5.55. The molecule has 0 radical (unpaired) electrons. The van der Waals surface area contributed by atoms with Gasteiger partial charge >= 0.3 is 0 Å². The molecule has 0 aliphatic carbocycles. The van der Waals surface area contributed by atoms with Gasteiger partial charge in [0.15, 0.2) is 5.82 Å². The summed E-state index contributed by atoms with van der Waals surface area (Å²) in [6, 6.07) is 3.83. The van der Waals surface area contributed by atoms with Crippen molar-refractivity contribution in [2.75, 3.05) is 31.1 Å². The van der Waals surface area contributed by atoms with Crippen molar-refractivity contribution in [3.63, 3.8) is 0 Å². The number of piperazine rings is 1. The summed E-state index contributed by atoms with van der Waals surface area (Å²) in [5, 5.41) is 3.33. The number of hydrogen-bond acceptors (Lipinski definition) is 5. The molecule has 2 aromatic rings. The average molecular weight is 230 g/mol. The molecule has 0 spiro atoms. The zero-order valence-corrected chi connectivity index (χ0v) is 9.47. The van der Waals surface area contributed by atoms with Crippen LogP contribution in [0.25, 0.3) is 11.4 Å². The van der Waals surface area contributed by atoms with E-state index in [1.54, 1.807) is 18.7 Å². The number of hydrogen-bond donors (Lipinski definition) is 1. The van der Waals surface area contributed by atoms with Gasteiger partial charge in [0, 0.05) is 32.4 Å². The summed E-state index contributed by atoms with van der Waals surface area (Å²) < 4.78 is 5.05. The molecule has 1 aliphatic heterocycles. The predicted octanol–water partition coefficient (Wildman–Crippen LogP) is 1.15. The largest absolute Gasteiger partial charge is 0.472 e. The Morgan fingerprint density at radius 1 is 1.24 bits per heavy atom. The van der Waals surface area contributed by atoms with Gasteiger partial charge in [-0.05, 0) is 12.1 Å². The van der Waals surface area contributed by atoms with Gasteiger partial charge in [0.05, 0.1) is 11.8 Å². The molecule has 1 N–H and O–H groups in total. The topological polar surface area (TPSA) is 54.2 Å². The Hall–Kier alpha value is -1.88. The minimum atomic E-state index is 0.717. The van der Waals surface area contributed by atoms with E-state index in [9.17, 15) is 0 Å². The van der Waals surface area contributed by atoms with Crippen molar-refractivity contribution in [3.8, 4) is 11.4 Å². The third-order valence-corrected chi connectivity index (χ3v) is 2.86. The Labute approximate surface area is 99.5 Å². The van der Waals surface area contributed by atoms with Crippen LogP contribution in [0.2, 0.25) is 0 Å². The van der Waals surface area contributed by atoms with Gasteiger partial charge in [0.25, 0.3) is 0 Å². The fourth-order valence-corrected chi connectivity index (χ4v) is 1.95. The maximum Gasteiger partial charge on any atom is 0.164 e. The molecule has 5 nitrogen and oxygen atoms in total. The molecule has 1 saturated heterocycles. The number of rotatable bonds is 2. The van der Waals surface area contributed by atoms with Crippen LogP contribution in [0.4, 0.5) is 5.82 Å². The van der Waals surface area contributed by atoms with Crippen LogP contribution in [0.15, 0.2) is 35.3 Å². The first-order valence-corrected chi connectivity index (χ1v) is 5.75. The van der Waals surface area contributed by atoms with E-state index in [4.69, 9.17) is 4.42 Å². The first-order chi connectivity index (χ1) is 8.43. The Morgan fingerprint density at radius 2 is 2.12 bits per heavy atom. The van der Waals surface area contributed by atoms with Crippen molar-refractivity contribution < 1.29 is 4.42 Å². The summed E-state index contributed by atoms with van der Waals surface area (Å²) in [4.78, 5) is 11.1. The summed E-state index contributed by atoms with van der Waals surface area (Å²) in [6.45, 7) is 3.99. The van der Waals surface area contributed by atoms with Gasteiger partial charge in [0.2, 0.25) is 0 Å².